The highest BCUT2D eigenvalue weighted by molar-refractivity contribution is 6.17. The van der Waals surface area contributed by atoms with Crippen LogP contribution in [-0.2, 0) is 0 Å². The highest BCUT2D eigenvalue weighted by Crippen LogP contribution is 2.64. The van der Waals surface area contributed by atoms with Crippen molar-refractivity contribution in [1.29, 1.82) is 0 Å². The summed E-state index contributed by atoms with van der Waals surface area (Å²) in [6.45, 7) is 6.74. The zero-order chi connectivity index (χ0) is 7.12. The molecule has 0 bridgehead atoms. The maximum atomic E-state index is 6.03. The number of hydrogen-bond donors (Lipinski definition) is 0. The second-order valence-electron chi connectivity index (χ2n) is 3.89. The van der Waals surface area contributed by atoms with Gasteiger partial charge in [-0.05, 0) is 5.41 Å². The van der Waals surface area contributed by atoms with Gasteiger partial charge in [-0.15, -0.1) is 0 Å². The van der Waals surface area contributed by atoms with Crippen LogP contribution in [0.2, 0.25) is 5.31 Å². The Morgan fingerprint density at radius 2 is 1.89 bits per heavy atom. The molecule has 0 spiro atoms. The van der Waals surface area contributed by atoms with E-state index in [9.17, 15) is 0 Å². The van der Waals surface area contributed by atoms with Crippen molar-refractivity contribution in [1.82, 2.24) is 0 Å². The molecule has 1 heteroatoms. The molecule has 1 fully saturated rings. The molecule has 1 rings (SSSR count). The Kier molecular flexibility index (Phi) is 1.41. The summed E-state index contributed by atoms with van der Waals surface area (Å²) in [5, 5.41) is 0.196. The van der Waals surface area contributed by atoms with E-state index in [4.69, 9.17) is 7.85 Å². The van der Waals surface area contributed by atoms with Crippen LogP contribution in [-0.4, -0.2) is 7.85 Å². The van der Waals surface area contributed by atoms with Crippen molar-refractivity contribution in [3.63, 3.8) is 0 Å². The van der Waals surface area contributed by atoms with Gasteiger partial charge in [-0.25, -0.2) is 0 Å². The molecule has 0 atom stereocenters. The van der Waals surface area contributed by atoms with Crippen molar-refractivity contribution in [2.75, 3.05) is 0 Å². The molecule has 0 saturated heterocycles. The van der Waals surface area contributed by atoms with Crippen molar-refractivity contribution in [2.24, 2.45) is 5.41 Å². The van der Waals surface area contributed by atoms with Gasteiger partial charge in [0.25, 0.3) is 0 Å². The molecule has 2 radical (unpaired) electrons. The van der Waals surface area contributed by atoms with Gasteiger partial charge >= 0.3 is 0 Å². The van der Waals surface area contributed by atoms with E-state index in [0.717, 1.165) is 0 Å². The van der Waals surface area contributed by atoms with Gasteiger partial charge in [0, 0.05) is 0 Å². The van der Waals surface area contributed by atoms with Gasteiger partial charge in [0.1, 0.15) is 0 Å². The van der Waals surface area contributed by atoms with Crippen LogP contribution in [0.5, 0.6) is 0 Å². The van der Waals surface area contributed by atoms with Crippen LogP contribution < -0.4 is 0 Å². The summed E-state index contributed by atoms with van der Waals surface area (Å²) in [5.41, 5.74) is 0.368. The molecule has 0 N–H and O–H groups in total. The Morgan fingerprint density at radius 1 is 1.44 bits per heavy atom. The summed E-state index contributed by atoms with van der Waals surface area (Å²) >= 11 is 0. The third kappa shape index (κ3) is 1.02. The van der Waals surface area contributed by atoms with Crippen LogP contribution in [0.15, 0.2) is 0 Å². The Bertz CT molecular complexity index is 112. The van der Waals surface area contributed by atoms with Crippen LogP contribution in [0.4, 0.5) is 0 Å². The molecular formula is C8H15B. The molecule has 1 aliphatic carbocycles. The molecule has 0 aromatic carbocycles. The lowest BCUT2D eigenvalue weighted by molar-refractivity contribution is 0.311. The topological polar surface area (TPSA) is 0 Å². The predicted molar refractivity (Wildman–Crippen MR) is 41.8 cm³/mol. The molecule has 1 aliphatic rings. The standard InChI is InChI=1S/C8H15B/c1-4-7(2,3)8(9)5-6-8/h4-6H2,1-3H3. The molecule has 1 saturated carbocycles. The predicted octanol–water partition coefficient (Wildman–Crippen LogP) is 2.54. The fraction of sp³-hybridized carbons (Fsp3) is 1.00. The first-order valence-corrected chi connectivity index (χ1v) is 3.81. The maximum Gasteiger partial charge on any atom is 0.0753 e. The van der Waals surface area contributed by atoms with E-state index in [1.807, 2.05) is 0 Å². The smallest absolute Gasteiger partial charge is 0.0649 e. The highest BCUT2D eigenvalue weighted by Gasteiger charge is 2.47. The van der Waals surface area contributed by atoms with E-state index in [1.54, 1.807) is 0 Å². The summed E-state index contributed by atoms with van der Waals surface area (Å²) in [4.78, 5) is 0. The first kappa shape index (κ1) is 7.18. The van der Waals surface area contributed by atoms with Gasteiger partial charge in [-0.3, -0.25) is 0 Å². The molecular weight excluding hydrogens is 107 g/mol. The minimum absolute atomic E-state index is 0.196. The van der Waals surface area contributed by atoms with Crippen molar-refractivity contribution < 1.29 is 0 Å². The Morgan fingerprint density at radius 3 is 2.00 bits per heavy atom. The van der Waals surface area contributed by atoms with E-state index >= 15 is 0 Å². The molecule has 0 nitrogen and oxygen atoms in total. The third-order valence-corrected chi connectivity index (χ3v) is 3.02. The van der Waals surface area contributed by atoms with E-state index in [-0.39, 0.29) is 5.31 Å². The average Bonchev–Trinajstić information content (AvgIpc) is 2.49. The quantitative estimate of drug-likeness (QED) is 0.493. The summed E-state index contributed by atoms with van der Waals surface area (Å²) < 4.78 is 0. The molecule has 0 aliphatic heterocycles. The van der Waals surface area contributed by atoms with Gasteiger partial charge in [-0.2, -0.15) is 0 Å². The second kappa shape index (κ2) is 1.77. The minimum atomic E-state index is 0.196. The Hall–Kier alpha value is 0.0649. The lowest BCUT2D eigenvalue weighted by Crippen LogP contribution is -2.19. The van der Waals surface area contributed by atoms with Crippen molar-refractivity contribution in [3.05, 3.63) is 0 Å². The zero-order valence-corrected chi connectivity index (χ0v) is 6.70. The van der Waals surface area contributed by atoms with Gasteiger partial charge in [0.15, 0.2) is 0 Å². The average molecular weight is 122 g/mol. The Balaban J connectivity index is 2.58. The fourth-order valence-corrected chi connectivity index (χ4v) is 1.16. The van der Waals surface area contributed by atoms with Crippen LogP contribution in [0.25, 0.3) is 0 Å². The summed E-state index contributed by atoms with van der Waals surface area (Å²) in [6.07, 6.45) is 3.66. The first-order chi connectivity index (χ1) is 4.02. The summed E-state index contributed by atoms with van der Waals surface area (Å²) in [6, 6.07) is 0. The van der Waals surface area contributed by atoms with Gasteiger partial charge < -0.3 is 0 Å². The molecule has 0 aromatic heterocycles. The van der Waals surface area contributed by atoms with Gasteiger partial charge in [-0.1, -0.05) is 45.3 Å². The SMILES string of the molecule is [B]C1(C(C)(C)CC)CC1. The molecule has 9 heavy (non-hydrogen) atoms. The van der Waals surface area contributed by atoms with Crippen LogP contribution in [0.1, 0.15) is 40.0 Å². The zero-order valence-electron chi connectivity index (χ0n) is 6.70. The summed E-state index contributed by atoms with van der Waals surface area (Å²) in [5.74, 6) is 0. The normalized spacial score (nSPS) is 23.9. The number of rotatable bonds is 2. The Labute approximate surface area is 59.4 Å². The maximum absolute atomic E-state index is 6.03. The molecule has 0 heterocycles. The molecule has 50 valence electrons. The second-order valence-corrected chi connectivity index (χ2v) is 3.89. The van der Waals surface area contributed by atoms with Crippen molar-refractivity contribution in [2.45, 2.75) is 45.3 Å². The van der Waals surface area contributed by atoms with Gasteiger partial charge in [0.2, 0.25) is 0 Å². The van der Waals surface area contributed by atoms with E-state index in [1.165, 1.54) is 19.3 Å². The summed E-state index contributed by atoms with van der Waals surface area (Å²) in [7, 11) is 6.03. The van der Waals surface area contributed by atoms with Gasteiger partial charge in [0.05, 0.1) is 7.85 Å². The number of hydrogen-bond acceptors (Lipinski definition) is 0. The molecule has 0 amide bonds. The van der Waals surface area contributed by atoms with Crippen LogP contribution >= 0.6 is 0 Å². The lowest BCUT2D eigenvalue weighted by atomic mass is 9.62. The van der Waals surface area contributed by atoms with E-state index in [2.05, 4.69) is 20.8 Å². The first-order valence-electron chi connectivity index (χ1n) is 3.81. The lowest BCUT2D eigenvalue weighted by Gasteiger charge is -2.31. The van der Waals surface area contributed by atoms with E-state index < -0.39 is 0 Å². The van der Waals surface area contributed by atoms with E-state index in [0.29, 0.717) is 5.41 Å². The fourth-order valence-electron chi connectivity index (χ4n) is 1.16. The third-order valence-electron chi connectivity index (χ3n) is 3.02. The minimum Gasteiger partial charge on any atom is -0.0649 e. The van der Waals surface area contributed by atoms with Crippen LogP contribution in [0.3, 0.4) is 0 Å². The highest BCUT2D eigenvalue weighted by atomic mass is 14.5. The molecule has 0 unspecified atom stereocenters. The van der Waals surface area contributed by atoms with Crippen molar-refractivity contribution >= 4 is 7.85 Å². The van der Waals surface area contributed by atoms with Crippen molar-refractivity contribution in [3.8, 4) is 0 Å². The molecule has 0 aromatic rings. The largest absolute Gasteiger partial charge is 0.0753 e. The van der Waals surface area contributed by atoms with Crippen LogP contribution in [0, 0.1) is 5.41 Å². The monoisotopic (exact) mass is 122 g/mol.